The summed E-state index contributed by atoms with van der Waals surface area (Å²) in [6.45, 7) is 6.25. The summed E-state index contributed by atoms with van der Waals surface area (Å²) in [6, 6.07) is 0. The van der Waals surface area contributed by atoms with Gasteiger partial charge in [-0.25, -0.2) is 4.57 Å². The van der Waals surface area contributed by atoms with E-state index in [1.165, 1.54) is 109 Å². The number of hydrogen-bond donors (Lipinski definition) is 2. The summed E-state index contributed by atoms with van der Waals surface area (Å²) in [5.41, 5.74) is 5.34. The van der Waals surface area contributed by atoms with Crippen LogP contribution in [-0.4, -0.2) is 50.6 Å². The fraction of sp³-hybridized carbons (Fsp3) is 1.00. The Morgan fingerprint density at radius 2 is 1.03 bits per heavy atom. The first-order valence-corrected chi connectivity index (χ1v) is 17.1. The van der Waals surface area contributed by atoms with Gasteiger partial charge in [-0.2, -0.15) is 0 Å². The Morgan fingerprint density at radius 3 is 1.49 bits per heavy atom. The Balaban J connectivity index is 3.99. The molecule has 0 aromatic heterocycles. The first kappa shape index (κ1) is 37.0. The maximum absolute atomic E-state index is 12.0. The summed E-state index contributed by atoms with van der Waals surface area (Å²) >= 11 is 0. The summed E-state index contributed by atoms with van der Waals surface area (Å²) in [4.78, 5) is 9.79. The van der Waals surface area contributed by atoms with Gasteiger partial charge in [0.2, 0.25) is 0 Å². The van der Waals surface area contributed by atoms with E-state index >= 15 is 0 Å². The van der Waals surface area contributed by atoms with E-state index in [2.05, 4.69) is 13.8 Å². The average molecular weight is 552 g/mol. The maximum Gasteiger partial charge on any atom is 0.472 e. The molecule has 7 nitrogen and oxygen atoms in total. The minimum atomic E-state index is -4.12. The molecule has 0 amide bonds. The van der Waals surface area contributed by atoms with Crippen LogP contribution in [0.1, 0.15) is 142 Å². The highest BCUT2D eigenvalue weighted by Crippen LogP contribution is 2.43. The highest BCUT2D eigenvalue weighted by Gasteiger charge is 2.23. The smallest absolute Gasteiger partial charge is 0.379 e. The monoisotopic (exact) mass is 551 g/mol. The molecule has 224 valence electrons. The first-order chi connectivity index (χ1) is 18.1. The van der Waals surface area contributed by atoms with Gasteiger partial charge in [0.25, 0.3) is 0 Å². The van der Waals surface area contributed by atoms with Gasteiger partial charge < -0.3 is 20.1 Å². The Kier molecular flexibility index (Phi) is 29.0. The lowest BCUT2D eigenvalue weighted by Crippen LogP contribution is -2.26. The van der Waals surface area contributed by atoms with Crippen LogP contribution in [0.5, 0.6) is 0 Å². The van der Waals surface area contributed by atoms with E-state index in [0.717, 1.165) is 19.3 Å². The van der Waals surface area contributed by atoms with Gasteiger partial charge in [-0.1, -0.05) is 129 Å². The van der Waals surface area contributed by atoms with Crippen molar-refractivity contribution in [3.63, 3.8) is 0 Å². The van der Waals surface area contributed by atoms with E-state index < -0.39 is 7.82 Å². The zero-order chi connectivity index (χ0) is 27.3. The predicted molar refractivity (Wildman–Crippen MR) is 155 cm³/mol. The molecule has 1 unspecified atom stereocenters. The Bertz CT molecular complexity index is 497. The van der Waals surface area contributed by atoms with Crippen molar-refractivity contribution in [1.82, 2.24) is 0 Å². The van der Waals surface area contributed by atoms with Crippen LogP contribution in [-0.2, 0) is 23.1 Å². The lowest BCUT2D eigenvalue weighted by Gasteiger charge is -2.20. The molecular formula is C29H62NO6P. The molecule has 8 heteroatoms. The summed E-state index contributed by atoms with van der Waals surface area (Å²) in [7, 11) is -4.12. The van der Waals surface area contributed by atoms with Crippen LogP contribution in [0.3, 0.4) is 0 Å². The van der Waals surface area contributed by atoms with Crippen molar-refractivity contribution in [3.8, 4) is 0 Å². The van der Waals surface area contributed by atoms with Crippen molar-refractivity contribution in [1.29, 1.82) is 0 Å². The van der Waals surface area contributed by atoms with Crippen molar-refractivity contribution in [2.45, 2.75) is 148 Å². The number of unbranched alkanes of at least 4 members (excludes halogenated alkanes) is 18. The van der Waals surface area contributed by atoms with E-state index in [-0.39, 0.29) is 25.9 Å². The van der Waals surface area contributed by atoms with E-state index in [1.54, 1.807) is 0 Å². The average Bonchev–Trinajstić information content (AvgIpc) is 2.89. The minimum Gasteiger partial charge on any atom is -0.379 e. The summed E-state index contributed by atoms with van der Waals surface area (Å²) in [5, 5.41) is 0. The molecular weight excluding hydrogens is 489 g/mol. The van der Waals surface area contributed by atoms with Crippen LogP contribution >= 0.6 is 7.82 Å². The Labute approximate surface area is 229 Å². The molecule has 0 aliphatic rings. The van der Waals surface area contributed by atoms with Gasteiger partial charge in [0.05, 0.1) is 19.8 Å². The van der Waals surface area contributed by atoms with Gasteiger partial charge in [0, 0.05) is 19.8 Å². The molecule has 0 rings (SSSR count). The van der Waals surface area contributed by atoms with Crippen LogP contribution in [0.25, 0.3) is 0 Å². The van der Waals surface area contributed by atoms with Crippen molar-refractivity contribution < 1.29 is 28.0 Å². The first-order valence-electron chi connectivity index (χ1n) is 15.6. The number of phosphoric ester groups is 1. The molecule has 0 aliphatic carbocycles. The molecule has 0 saturated heterocycles. The van der Waals surface area contributed by atoms with Crippen LogP contribution in [0.15, 0.2) is 0 Å². The molecule has 0 bridgehead atoms. The third kappa shape index (κ3) is 28.8. The highest BCUT2D eigenvalue weighted by atomic mass is 31.2. The van der Waals surface area contributed by atoms with Crippen LogP contribution in [0, 0.1) is 0 Å². The standard InChI is InChI=1S/C29H62NO6P/c1-3-5-7-9-11-13-15-17-19-21-24-33-27-29(28-36-37(31,32)35-26-23-30)34-25-22-20-18-16-14-12-10-8-6-4-2/h29H,3-28,30H2,1-2H3,(H,31,32)/t29-/m1/s1. The summed E-state index contributed by atoms with van der Waals surface area (Å²) in [5.74, 6) is 0. The van der Waals surface area contributed by atoms with E-state index in [9.17, 15) is 9.46 Å². The van der Waals surface area contributed by atoms with Gasteiger partial charge in [-0.05, 0) is 12.8 Å². The van der Waals surface area contributed by atoms with E-state index in [0.29, 0.717) is 19.8 Å². The molecule has 0 radical (unpaired) electrons. The largest absolute Gasteiger partial charge is 0.472 e. The third-order valence-electron chi connectivity index (χ3n) is 6.59. The van der Waals surface area contributed by atoms with Crippen molar-refractivity contribution in [3.05, 3.63) is 0 Å². The molecule has 0 aromatic carbocycles. The SMILES string of the molecule is CCCCCCCCCCCCOC[C@H](COP(=O)(O)OCCN)OCCCCCCCCCCCC. The Hall–Kier alpha value is -0.0100. The second kappa shape index (κ2) is 29.0. The van der Waals surface area contributed by atoms with E-state index in [1.807, 2.05) is 0 Å². The maximum atomic E-state index is 12.0. The van der Waals surface area contributed by atoms with Crippen LogP contribution < -0.4 is 5.73 Å². The molecule has 0 fully saturated rings. The topological polar surface area (TPSA) is 100 Å². The lowest BCUT2D eigenvalue weighted by molar-refractivity contribution is -0.0443. The van der Waals surface area contributed by atoms with Crippen molar-refractivity contribution in [2.75, 3.05) is 39.6 Å². The highest BCUT2D eigenvalue weighted by molar-refractivity contribution is 7.47. The zero-order valence-corrected chi connectivity index (χ0v) is 25.4. The Morgan fingerprint density at radius 1 is 0.595 bits per heavy atom. The van der Waals surface area contributed by atoms with Crippen LogP contribution in [0.4, 0.5) is 0 Å². The molecule has 0 aromatic rings. The zero-order valence-electron chi connectivity index (χ0n) is 24.5. The van der Waals surface area contributed by atoms with Gasteiger partial charge in [0.15, 0.2) is 0 Å². The fourth-order valence-corrected chi connectivity index (χ4v) is 5.04. The van der Waals surface area contributed by atoms with Gasteiger partial charge in [0.1, 0.15) is 6.10 Å². The normalized spacial score (nSPS) is 14.2. The third-order valence-corrected chi connectivity index (χ3v) is 7.58. The number of ether oxygens (including phenoxy) is 2. The predicted octanol–water partition coefficient (Wildman–Crippen LogP) is 8.32. The lowest BCUT2D eigenvalue weighted by atomic mass is 10.1. The second-order valence-corrected chi connectivity index (χ2v) is 11.8. The van der Waals surface area contributed by atoms with Crippen molar-refractivity contribution >= 4 is 7.82 Å². The second-order valence-electron chi connectivity index (χ2n) is 10.3. The van der Waals surface area contributed by atoms with Gasteiger partial charge >= 0.3 is 7.82 Å². The number of phosphoric acid groups is 1. The summed E-state index contributed by atoms with van der Waals surface area (Å²) in [6.07, 6.45) is 25.2. The molecule has 3 N–H and O–H groups in total. The van der Waals surface area contributed by atoms with Gasteiger partial charge in [-0.15, -0.1) is 0 Å². The molecule has 2 atom stereocenters. The number of hydrogen-bond acceptors (Lipinski definition) is 6. The number of rotatable bonds is 31. The number of nitrogens with two attached hydrogens (primary N) is 1. The molecule has 0 spiro atoms. The van der Waals surface area contributed by atoms with Crippen LogP contribution in [0.2, 0.25) is 0 Å². The molecule has 0 heterocycles. The molecule has 37 heavy (non-hydrogen) atoms. The molecule has 0 aliphatic heterocycles. The quantitative estimate of drug-likeness (QED) is 0.0660. The fourth-order valence-electron chi connectivity index (χ4n) is 4.27. The summed E-state index contributed by atoms with van der Waals surface area (Å²) < 4.78 is 33.7. The minimum absolute atomic E-state index is 0.0207. The van der Waals surface area contributed by atoms with E-state index in [4.69, 9.17) is 24.3 Å². The van der Waals surface area contributed by atoms with Gasteiger partial charge in [-0.3, -0.25) is 9.05 Å². The van der Waals surface area contributed by atoms with Crippen molar-refractivity contribution in [2.24, 2.45) is 5.73 Å². The molecule has 0 saturated carbocycles.